The molecule has 4 N–H and O–H groups in total. The first-order chi connectivity index (χ1) is 21.1. The molecule has 11 heteroatoms. The Morgan fingerprint density at radius 3 is 2.50 bits per heavy atom. The van der Waals surface area contributed by atoms with Crippen molar-refractivity contribution in [1.29, 1.82) is 5.41 Å². The molecule has 1 aliphatic heterocycles. The van der Waals surface area contributed by atoms with Gasteiger partial charge in [0.2, 0.25) is 0 Å². The maximum Gasteiger partial charge on any atom is 0.321 e. The number of nitrogens with one attached hydrogen (secondary N) is 4. The fraction of sp³-hybridized carbons (Fsp3) is 0.364. The summed E-state index contributed by atoms with van der Waals surface area (Å²) in [6, 6.07) is 16.7. The average Bonchev–Trinajstić information content (AvgIpc) is 3.53. The summed E-state index contributed by atoms with van der Waals surface area (Å²) in [7, 11) is 0. The third-order valence-electron chi connectivity index (χ3n) is 7.64. The molecule has 2 amide bonds. The normalized spacial score (nSPS) is 16.0. The van der Waals surface area contributed by atoms with Gasteiger partial charge in [0.05, 0.1) is 6.04 Å². The molecule has 0 unspecified atom stereocenters. The number of halogens is 2. The van der Waals surface area contributed by atoms with Crippen LogP contribution in [0.1, 0.15) is 67.1 Å². The molecule has 9 nitrogen and oxygen atoms in total. The van der Waals surface area contributed by atoms with E-state index in [2.05, 4.69) is 16.0 Å². The Balaban J connectivity index is 1.36. The summed E-state index contributed by atoms with van der Waals surface area (Å²) in [5.41, 5.74) is 2.87. The van der Waals surface area contributed by atoms with Crippen LogP contribution in [-0.2, 0) is 4.79 Å². The number of anilines is 2. The topological polar surface area (TPSA) is 122 Å². The maximum absolute atomic E-state index is 13.7. The van der Waals surface area contributed by atoms with Gasteiger partial charge in [-0.1, -0.05) is 25.0 Å². The smallest absolute Gasteiger partial charge is 0.321 e. The van der Waals surface area contributed by atoms with Crippen molar-refractivity contribution in [3.8, 4) is 17.2 Å². The van der Waals surface area contributed by atoms with Crippen molar-refractivity contribution in [2.75, 3.05) is 18.5 Å². The van der Waals surface area contributed by atoms with E-state index in [-0.39, 0.29) is 11.9 Å². The van der Waals surface area contributed by atoms with E-state index in [1.54, 1.807) is 61.5 Å². The molecule has 0 spiro atoms. The number of amides is 2. The SMILES string of the molecule is C[C@H](NC(=O)C(C)(F)F)[C@H](Oc1ccc(Nc2cccc(C(=O)NC3CCCC3)c2)c(C=N)c1)c1ccc2c(c1)OCCO2. The van der Waals surface area contributed by atoms with E-state index in [0.29, 0.717) is 65.5 Å². The number of alkyl halides is 2. The molecule has 3 aromatic carbocycles. The second-order valence-corrected chi connectivity index (χ2v) is 11.1. The van der Waals surface area contributed by atoms with E-state index in [1.165, 1.54) is 0 Å². The summed E-state index contributed by atoms with van der Waals surface area (Å²) in [6.45, 7) is 2.89. The number of hydrogen-bond acceptors (Lipinski definition) is 7. The second kappa shape index (κ2) is 13.3. The van der Waals surface area contributed by atoms with Crippen LogP contribution >= 0.6 is 0 Å². The van der Waals surface area contributed by atoms with Gasteiger partial charge in [0.1, 0.15) is 25.1 Å². The molecule has 0 radical (unpaired) electrons. The minimum Gasteiger partial charge on any atom is -0.486 e. The minimum absolute atomic E-state index is 0.121. The van der Waals surface area contributed by atoms with Gasteiger partial charge in [0.15, 0.2) is 11.5 Å². The molecule has 0 aromatic heterocycles. The van der Waals surface area contributed by atoms with Gasteiger partial charge in [-0.2, -0.15) is 8.78 Å². The van der Waals surface area contributed by atoms with Gasteiger partial charge in [0.25, 0.3) is 11.8 Å². The number of carbonyl (C=O) groups is 2. The van der Waals surface area contributed by atoms with Crippen LogP contribution in [0, 0.1) is 5.41 Å². The van der Waals surface area contributed by atoms with E-state index >= 15 is 0 Å². The van der Waals surface area contributed by atoms with Crippen LogP contribution in [-0.4, -0.2) is 49.2 Å². The van der Waals surface area contributed by atoms with Crippen LogP contribution in [0.3, 0.4) is 0 Å². The highest BCUT2D eigenvalue weighted by Crippen LogP contribution is 2.36. The molecule has 1 heterocycles. The van der Waals surface area contributed by atoms with Crippen molar-refractivity contribution in [1.82, 2.24) is 10.6 Å². The summed E-state index contributed by atoms with van der Waals surface area (Å²) in [4.78, 5) is 24.9. The lowest BCUT2D eigenvalue weighted by Gasteiger charge is -2.29. The van der Waals surface area contributed by atoms with Crippen LogP contribution in [0.15, 0.2) is 60.7 Å². The Hall–Kier alpha value is -4.67. The predicted octanol–water partition coefficient (Wildman–Crippen LogP) is 6.15. The van der Waals surface area contributed by atoms with Gasteiger partial charge >= 0.3 is 5.92 Å². The average molecular weight is 607 g/mol. The number of benzene rings is 3. The monoisotopic (exact) mass is 606 g/mol. The van der Waals surface area contributed by atoms with Crippen LogP contribution in [0.25, 0.3) is 0 Å². The molecule has 44 heavy (non-hydrogen) atoms. The minimum atomic E-state index is -3.57. The molecule has 1 saturated carbocycles. The fourth-order valence-corrected chi connectivity index (χ4v) is 5.33. The van der Waals surface area contributed by atoms with Gasteiger partial charge in [-0.25, -0.2) is 0 Å². The van der Waals surface area contributed by atoms with Gasteiger partial charge in [-0.15, -0.1) is 0 Å². The van der Waals surface area contributed by atoms with Gasteiger partial charge in [-0.3, -0.25) is 9.59 Å². The van der Waals surface area contributed by atoms with Gasteiger partial charge < -0.3 is 35.6 Å². The van der Waals surface area contributed by atoms with Crippen molar-refractivity contribution in [2.45, 2.75) is 63.6 Å². The number of rotatable bonds is 11. The quantitative estimate of drug-likeness (QED) is 0.194. The molecular formula is C33H36F2N4O5. The first-order valence-electron chi connectivity index (χ1n) is 14.7. The standard InChI is InChI=1S/C33H36F2N4O5/c1-20(37-32(41)33(2,34)35)30(21-10-13-28-29(18-21)43-15-14-42-28)44-26-11-12-27(23(17-26)19-36)38-25-9-5-6-22(16-25)31(40)39-24-7-3-4-8-24/h5-6,9-13,16-20,24,30,36,38H,3-4,7-8,14-15H2,1-2H3,(H,37,41)(H,39,40)/t20-,30-/m0/s1. The van der Waals surface area contributed by atoms with E-state index in [0.717, 1.165) is 31.9 Å². The molecule has 1 fully saturated rings. The number of fused-ring (bicyclic) bond motifs is 1. The van der Waals surface area contributed by atoms with Crippen molar-refractivity contribution in [3.05, 3.63) is 77.4 Å². The van der Waals surface area contributed by atoms with Crippen molar-refractivity contribution in [3.63, 3.8) is 0 Å². The second-order valence-electron chi connectivity index (χ2n) is 11.1. The zero-order valence-corrected chi connectivity index (χ0v) is 24.6. The fourth-order valence-electron chi connectivity index (χ4n) is 5.33. The Bertz CT molecular complexity index is 1520. The lowest BCUT2D eigenvalue weighted by atomic mass is 10.0. The largest absolute Gasteiger partial charge is 0.486 e. The predicted molar refractivity (Wildman–Crippen MR) is 163 cm³/mol. The molecule has 1 aliphatic carbocycles. The molecule has 232 valence electrons. The highest BCUT2D eigenvalue weighted by Gasteiger charge is 2.35. The third kappa shape index (κ3) is 7.45. The van der Waals surface area contributed by atoms with E-state index in [9.17, 15) is 18.4 Å². The highest BCUT2D eigenvalue weighted by molar-refractivity contribution is 5.96. The molecule has 0 saturated heterocycles. The summed E-state index contributed by atoms with van der Waals surface area (Å²) in [5, 5.41) is 16.7. The molecule has 0 bridgehead atoms. The Morgan fingerprint density at radius 2 is 1.77 bits per heavy atom. The maximum atomic E-state index is 13.7. The molecular weight excluding hydrogens is 570 g/mol. The first kappa shape index (κ1) is 30.8. The zero-order valence-electron chi connectivity index (χ0n) is 24.6. The lowest BCUT2D eigenvalue weighted by molar-refractivity contribution is -0.144. The first-order valence-corrected chi connectivity index (χ1v) is 14.7. The van der Waals surface area contributed by atoms with Crippen molar-refractivity contribution >= 4 is 29.4 Å². The van der Waals surface area contributed by atoms with Gasteiger partial charge in [-0.05, 0) is 73.9 Å². The molecule has 2 aliphatic rings. The zero-order chi connectivity index (χ0) is 31.3. The molecule has 3 aromatic rings. The van der Waals surface area contributed by atoms with Crippen LogP contribution in [0.2, 0.25) is 0 Å². The van der Waals surface area contributed by atoms with E-state index in [4.69, 9.17) is 19.6 Å². The van der Waals surface area contributed by atoms with Crippen molar-refractivity contribution in [2.24, 2.45) is 0 Å². The Kier molecular flexibility index (Phi) is 9.32. The number of carbonyl (C=O) groups excluding carboxylic acids is 2. The molecule has 5 rings (SSSR count). The summed E-state index contributed by atoms with van der Waals surface area (Å²) < 4.78 is 45.0. The number of ether oxygens (including phenoxy) is 3. The Labute approximate surface area is 254 Å². The summed E-state index contributed by atoms with van der Waals surface area (Å²) >= 11 is 0. The van der Waals surface area contributed by atoms with E-state index < -0.39 is 24.0 Å². The molecule has 2 atom stereocenters. The van der Waals surface area contributed by atoms with Crippen molar-refractivity contribution < 1.29 is 32.6 Å². The third-order valence-corrected chi connectivity index (χ3v) is 7.64. The van der Waals surface area contributed by atoms with Crippen LogP contribution in [0.4, 0.5) is 20.2 Å². The lowest BCUT2D eigenvalue weighted by Crippen LogP contribution is -2.46. The van der Waals surface area contributed by atoms with Gasteiger partial charge in [0, 0.05) is 41.7 Å². The van der Waals surface area contributed by atoms with Crippen LogP contribution in [0.5, 0.6) is 17.2 Å². The van der Waals surface area contributed by atoms with Crippen LogP contribution < -0.4 is 30.2 Å². The Morgan fingerprint density at radius 1 is 1.02 bits per heavy atom. The van der Waals surface area contributed by atoms with E-state index in [1.807, 2.05) is 6.07 Å². The highest BCUT2D eigenvalue weighted by atomic mass is 19.3. The summed E-state index contributed by atoms with van der Waals surface area (Å²) in [6.07, 6.45) is 4.51. The number of hydrogen-bond donors (Lipinski definition) is 4. The summed E-state index contributed by atoms with van der Waals surface area (Å²) in [5.74, 6) is -3.72.